The quantitative estimate of drug-likeness (QED) is 0.667. The zero-order valence-corrected chi connectivity index (χ0v) is 7.69. The molecule has 0 unspecified atom stereocenters. The van der Waals surface area contributed by atoms with E-state index in [-0.39, 0.29) is 5.69 Å². The molecule has 0 saturated heterocycles. The summed E-state index contributed by atoms with van der Waals surface area (Å²) in [5, 5.41) is 9.83. The highest BCUT2D eigenvalue weighted by molar-refractivity contribution is 5.98. The molecule has 3 N–H and O–H groups in total. The van der Waals surface area contributed by atoms with Gasteiger partial charge in [0.05, 0.1) is 5.52 Å². The third-order valence-corrected chi connectivity index (χ3v) is 2.37. The lowest BCUT2D eigenvalue weighted by atomic mass is 10.1. The molecule has 0 fully saturated rings. The Morgan fingerprint density at radius 2 is 2.07 bits per heavy atom. The average Bonchev–Trinajstić information content (AvgIpc) is 2.41. The van der Waals surface area contributed by atoms with E-state index in [1.807, 2.05) is 18.2 Å². The SMILES string of the molecule is Cc1c(C(=O)O)n(N)c2ccccc12. The average molecular weight is 190 g/mol. The van der Waals surface area contributed by atoms with Gasteiger partial charge in [-0.05, 0) is 18.6 Å². The van der Waals surface area contributed by atoms with Crippen molar-refractivity contribution in [2.24, 2.45) is 0 Å². The molecule has 14 heavy (non-hydrogen) atoms. The number of aromatic carboxylic acids is 1. The molecule has 1 aromatic carbocycles. The van der Waals surface area contributed by atoms with E-state index in [0.29, 0.717) is 5.56 Å². The van der Waals surface area contributed by atoms with Crippen molar-refractivity contribution in [2.45, 2.75) is 6.92 Å². The van der Waals surface area contributed by atoms with Crippen molar-refractivity contribution in [2.75, 3.05) is 5.84 Å². The van der Waals surface area contributed by atoms with Crippen LogP contribution in [-0.4, -0.2) is 15.8 Å². The number of hydrogen-bond acceptors (Lipinski definition) is 2. The summed E-state index contributed by atoms with van der Waals surface area (Å²) < 4.78 is 1.22. The van der Waals surface area contributed by atoms with Crippen LogP contribution in [0.25, 0.3) is 10.9 Å². The molecule has 0 aliphatic rings. The number of para-hydroxylation sites is 1. The summed E-state index contributed by atoms with van der Waals surface area (Å²) in [5.74, 6) is 4.68. The molecule has 2 rings (SSSR count). The zero-order chi connectivity index (χ0) is 10.3. The van der Waals surface area contributed by atoms with Crippen molar-refractivity contribution in [3.05, 3.63) is 35.5 Å². The van der Waals surface area contributed by atoms with E-state index in [2.05, 4.69) is 0 Å². The van der Waals surface area contributed by atoms with Gasteiger partial charge in [0.15, 0.2) is 5.69 Å². The summed E-state index contributed by atoms with van der Waals surface area (Å²) in [4.78, 5) is 10.9. The normalized spacial score (nSPS) is 10.6. The lowest BCUT2D eigenvalue weighted by Gasteiger charge is -1.98. The number of carboxylic acid groups (broad SMARTS) is 1. The van der Waals surface area contributed by atoms with Gasteiger partial charge in [-0.15, -0.1) is 0 Å². The van der Waals surface area contributed by atoms with E-state index < -0.39 is 5.97 Å². The Kier molecular flexibility index (Phi) is 1.70. The molecule has 0 radical (unpaired) electrons. The molecule has 0 aliphatic heterocycles. The second-order valence-corrected chi connectivity index (χ2v) is 3.17. The minimum absolute atomic E-state index is 0.145. The summed E-state index contributed by atoms with van der Waals surface area (Å²) >= 11 is 0. The van der Waals surface area contributed by atoms with Crippen molar-refractivity contribution in [1.82, 2.24) is 4.68 Å². The molecule has 1 heterocycles. The number of carbonyl (C=O) groups is 1. The molecule has 1 aromatic heterocycles. The second-order valence-electron chi connectivity index (χ2n) is 3.17. The van der Waals surface area contributed by atoms with E-state index in [4.69, 9.17) is 10.9 Å². The Morgan fingerprint density at radius 1 is 1.43 bits per heavy atom. The largest absolute Gasteiger partial charge is 0.477 e. The van der Waals surface area contributed by atoms with Crippen LogP contribution in [0.2, 0.25) is 0 Å². The van der Waals surface area contributed by atoms with E-state index in [1.165, 1.54) is 4.68 Å². The molecule has 72 valence electrons. The van der Waals surface area contributed by atoms with Crippen LogP contribution < -0.4 is 5.84 Å². The Morgan fingerprint density at radius 3 is 2.64 bits per heavy atom. The van der Waals surface area contributed by atoms with Crippen LogP contribution in [0.1, 0.15) is 16.1 Å². The van der Waals surface area contributed by atoms with Crippen LogP contribution in [0, 0.1) is 6.92 Å². The van der Waals surface area contributed by atoms with E-state index >= 15 is 0 Å². The summed E-state index contributed by atoms with van der Waals surface area (Å²) in [5.41, 5.74) is 1.59. The minimum atomic E-state index is -0.999. The van der Waals surface area contributed by atoms with E-state index in [9.17, 15) is 4.79 Å². The number of aryl methyl sites for hydroxylation is 1. The van der Waals surface area contributed by atoms with Crippen LogP contribution in [-0.2, 0) is 0 Å². The van der Waals surface area contributed by atoms with Gasteiger partial charge in [0.2, 0.25) is 0 Å². The van der Waals surface area contributed by atoms with Crippen LogP contribution in [0.5, 0.6) is 0 Å². The van der Waals surface area contributed by atoms with Crippen LogP contribution in [0.15, 0.2) is 24.3 Å². The van der Waals surface area contributed by atoms with Gasteiger partial charge in [0, 0.05) is 5.39 Å². The zero-order valence-electron chi connectivity index (χ0n) is 7.69. The number of aromatic nitrogens is 1. The van der Waals surface area contributed by atoms with Crippen LogP contribution in [0.4, 0.5) is 0 Å². The van der Waals surface area contributed by atoms with E-state index in [0.717, 1.165) is 10.9 Å². The molecule has 0 atom stereocenters. The third-order valence-electron chi connectivity index (χ3n) is 2.37. The third kappa shape index (κ3) is 0.970. The molecule has 4 heteroatoms. The van der Waals surface area contributed by atoms with Gasteiger partial charge < -0.3 is 10.9 Å². The number of fused-ring (bicyclic) bond motifs is 1. The first-order valence-electron chi connectivity index (χ1n) is 4.21. The number of hydrogen-bond donors (Lipinski definition) is 2. The van der Waals surface area contributed by atoms with Gasteiger partial charge in [0.1, 0.15) is 0 Å². The first-order valence-corrected chi connectivity index (χ1v) is 4.21. The lowest BCUT2D eigenvalue weighted by Crippen LogP contribution is -2.16. The molecule has 4 nitrogen and oxygen atoms in total. The maximum atomic E-state index is 10.9. The van der Waals surface area contributed by atoms with Gasteiger partial charge in [-0.1, -0.05) is 18.2 Å². The minimum Gasteiger partial charge on any atom is -0.477 e. The molecule has 0 bridgehead atoms. The summed E-state index contributed by atoms with van der Waals surface area (Å²) in [6.07, 6.45) is 0. The molecule has 0 saturated carbocycles. The maximum absolute atomic E-state index is 10.9. The number of nitrogens with zero attached hydrogens (tertiary/aromatic N) is 1. The number of nitrogen functional groups attached to an aromatic ring is 1. The Balaban J connectivity index is 2.92. The predicted molar refractivity (Wildman–Crippen MR) is 53.8 cm³/mol. The van der Waals surface area contributed by atoms with Crippen molar-refractivity contribution in [3.8, 4) is 0 Å². The molecule has 0 aliphatic carbocycles. The Labute approximate surface area is 80.5 Å². The summed E-state index contributed by atoms with van der Waals surface area (Å²) in [6.45, 7) is 1.76. The number of rotatable bonds is 1. The standard InChI is InChI=1S/C10H10N2O2/c1-6-7-4-2-3-5-8(7)12(11)9(6)10(13)14/h2-5H,11H2,1H3,(H,13,14). The first-order chi connectivity index (χ1) is 6.63. The fourth-order valence-electron chi connectivity index (χ4n) is 1.69. The summed E-state index contributed by atoms with van der Waals surface area (Å²) in [7, 11) is 0. The fraction of sp³-hybridized carbons (Fsp3) is 0.100. The van der Waals surface area contributed by atoms with Gasteiger partial charge in [-0.25, -0.2) is 4.79 Å². The fourth-order valence-corrected chi connectivity index (χ4v) is 1.69. The van der Waals surface area contributed by atoms with Gasteiger partial charge in [0.25, 0.3) is 0 Å². The lowest BCUT2D eigenvalue weighted by molar-refractivity contribution is 0.0687. The van der Waals surface area contributed by atoms with Gasteiger partial charge in [-0.2, -0.15) is 0 Å². The highest BCUT2D eigenvalue weighted by atomic mass is 16.4. The predicted octanol–water partition coefficient (Wildman–Crippen LogP) is 1.36. The first kappa shape index (κ1) is 8.62. The number of carboxylic acids is 1. The molecule has 0 amide bonds. The number of benzene rings is 1. The molecule has 0 spiro atoms. The summed E-state index contributed by atoms with van der Waals surface area (Å²) in [6, 6.07) is 7.35. The van der Waals surface area contributed by atoms with Gasteiger partial charge >= 0.3 is 5.97 Å². The monoisotopic (exact) mass is 190 g/mol. The maximum Gasteiger partial charge on any atom is 0.354 e. The second kappa shape index (κ2) is 2.77. The smallest absolute Gasteiger partial charge is 0.354 e. The van der Waals surface area contributed by atoms with Crippen molar-refractivity contribution < 1.29 is 9.90 Å². The number of nitrogens with two attached hydrogens (primary N) is 1. The van der Waals surface area contributed by atoms with Crippen molar-refractivity contribution in [1.29, 1.82) is 0 Å². The Bertz CT molecular complexity index is 475. The van der Waals surface area contributed by atoms with Gasteiger partial charge in [-0.3, -0.25) is 4.68 Å². The van der Waals surface area contributed by atoms with E-state index in [1.54, 1.807) is 13.0 Å². The van der Waals surface area contributed by atoms with Crippen LogP contribution in [0.3, 0.4) is 0 Å². The van der Waals surface area contributed by atoms with Crippen molar-refractivity contribution >= 4 is 16.9 Å². The molecular weight excluding hydrogens is 180 g/mol. The van der Waals surface area contributed by atoms with Crippen molar-refractivity contribution in [3.63, 3.8) is 0 Å². The topological polar surface area (TPSA) is 68.2 Å². The van der Waals surface area contributed by atoms with Crippen LogP contribution >= 0.6 is 0 Å². The molecule has 2 aromatic rings. The highest BCUT2D eigenvalue weighted by Gasteiger charge is 2.17. The molecular formula is C10H10N2O2. The Hall–Kier alpha value is -1.97. The highest BCUT2D eigenvalue weighted by Crippen LogP contribution is 2.22.